The first-order chi connectivity index (χ1) is 17.2. The summed E-state index contributed by atoms with van der Waals surface area (Å²) in [6.07, 6.45) is 1.40. The van der Waals surface area contributed by atoms with Gasteiger partial charge < -0.3 is 20.3 Å². The minimum atomic E-state index is -0.542. The number of hydrogen-bond acceptors (Lipinski definition) is 5. The number of piperazine rings is 1. The van der Waals surface area contributed by atoms with Crippen LogP contribution in [0.15, 0.2) is 84.9 Å². The van der Waals surface area contributed by atoms with Crippen molar-refractivity contribution in [3.8, 4) is 0 Å². The van der Waals surface area contributed by atoms with Gasteiger partial charge in [-0.05, 0) is 30.2 Å². The van der Waals surface area contributed by atoms with E-state index in [0.717, 1.165) is 38.0 Å². The van der Waals surface area contributed by atoms with Gasteiger partial charge >= 0.3 is 0 Å². The Bertz CT molecular complexity index is 1330. The van der Waals surface area contributed by atoms with Crippen molar-refractivity contribution in [2.75, 3.05) is 36.0 Å². The number of carbonyl (C=O) groups excluding carboxylic acids is 2. The van der Waals surface area contributed by atoms with Crippen LogP contribution < -0.4 is 15.5 Å². The van der Waals surface area contributed by atoms with E-state index in [4.69, 9.17) is 10.7 Å². The molecule has 4 aromatic rings. The lowest BCUT2D eigenvalue weighted by molar-refractivity contribution is -0.109. The second kappa shape index (κ2) is 9.97. The second-order valence-corrected chi connectivity index (χ2v) is 8.85. The number of primary amides is 1. The smallest absolute Gasteiger partial charge is 0.249 e. The van der Waals surface area contributed by atoms with Crippen LogP contribution in [0.4, 0.5) is 11.5 Å². The summed E-state index contributed by atoms with van der Waals surface area (Å²) in [5.41, 5.74) is 9.89. The number of fused-ring (bicyclic) bond motifs is 1. The Balaban J connectivity index is 1.58. The normalized spacial score (nSPS) is 14.6. The number of hydrogen-bond donors (Lipinski definition) is 1. The van der Waals surface area contributed by atoms with Crippen LogP contribution in [0.5, 0.6) is 0 Å². The maximum absolute atomic E-state index is 12.8. The average molecular weight is 465 g/mol. The van der Waals surface area contributed by atoms with Gasteiger partial charge in [-0.2, -0.15) is 0 Å². The van der Waals surface area contributed by atoms with Crippen molar-refractivity contribution in [3.05, 3.63) is 102 Å². The molecule has 1 amide bonds. The second-order valence-electron chi connectivity index (χ2n) is 8.85. The van der Waals surface area contributed by atoms with E-state index >= 15 is 0 Å². The molecular weight excluding hydrogens is 436 g/mol. The molecule has 6 heteroatoms. The first-order valence-electron chi connectivity index (χ1n) is 11.9. The van der Waals surface area contributed by atoms with Gasteiger partial charge in [-0.1, -0.05) is 66.7 Å². The molecule has 1 saturated heterocycles. The fourth-order valence-electron chi connectivity index (χ4n) is 4.97. The molecule has 1 unspecified atom stereocenters. The molecule has 5 rings (SSSR count). The number of pyridine rings is 1. The van der Waals surface area contributed by atoms with Crippen molar-refractivity contribution in [1.29, 1.82) is 0 Å². The zero-order valence-electron chi connectivity index (χ0n) is 19.5. The summed E-state index contributed by atoms with van der Waals surface area (Å²) >= 11 is 0. The SMILES string of the molecule is NC(=O)c1c(C(C=O)Cc2ccccc2)c(N2CCN(c3ccccc3)CC2)nc2ccccc12. The summed E-state index contributed by atoms with van der Waals surface area (Å²) in [7, 11) is 0. The van der Waals surface area contributed by atoms with Gasteiger partial charge in [0.05, 0.1) is 11.1 Å². The number of nitrogens with two attached hydrogens (primary N) is 1. The molecule has 1 fully saturated rings. The van der Waals surface area contributed by atoms with Gasteiger partial charge in [0.25, 0.3) is 0 Å². The fraction of sp³-hybridized carbons (Fsp3) is 0.207. The summed E-state index contributed by atoms with van der Waals surface area (Å²) in [6.45, 7) is 3.08. The molecule has 0 bridgehead atoms. The largest absolute Gasteiger partial charge is 0.368 e. The molecule has 1 aliphatic heterocycles. The van der Waals surface area contributed by atoms with E-state index in [1.165, 1.54) is 5.69 Å². The predicted octanol–water partition coefficient (Wildman–Crippen LogP) is 4.19. The number of amides is 1. The maximum Gasteiger partial charge on any atom is 0.249 e. The number of para-hydroxylation sites is 2. The summed E-state index contributed by atoms with van der Waals surface area (Å²) in [5.74, 6) is -0.403. The van der Waals surface area contributed by atoms with E-state index in [9.17, 15) is 9.59 Å². The molecule has 176 valence electrons. The summed E-state index contributed by atoms with van der Waals surface area (Å²) in [5, 5.41) is 0.682. The van der Waals surface area contributed by atoms with Crippen molar-refractivity contribution >= 4 is 34.6 Å². The highest BCUT2D eigenvalue weighted by molar-refractivity contribution is 6.09. The quantitative estimate of drug-likeness (QED) is 0.415. The van der Waals surface area contributed by atoms with Crippen LogP contribution in [-0.2, 0) is 11.2 Å². The Labute approximate surface area is 205 Å². The maximum atomic E-state index is 12.8. The first kappa shape index (κ1) is 22.6. The number of nitrogens with zero attached hydrogens (tertiary/aromatic N) is 3. The molecule has 0 radical (unpaired) electrons. The molecule has 1 aromatic heterocycles. The molecule has 0 aliphatic carbocycles. The zero-order valence-corrected chi connectivity index (χ0v) is 19.5. The van der Waals surface area contributed by atoms with E-state index in [1.54, 1.807) is 0 Å². The van der Waals surface area contributed by atoms with Crippen LogP contribution in [0.2, 0.25) is 0 Å². The zero-order chi connectivity index (χ0) is 24.2. The Morgan fingerprint density at radius 1 is 0.857 bits per heavy atom. The molecule has 1 atom stereocenters. The predicted molar refractivity (Wildman–Crippen MR) is 140 cm³/mol. The summed E-state index contributed by atoms with van der Waals surface area (Å²) in [4.78, 5) is 34.8. The van der Waals surface area contributed by atoms with E-state index < -0.39 is 11.8 Å². The molecule has 0 saturated carbocycles. The minimum absolute atomic E-state index is 0.393. The van der Waals surface area contributed by atoms with Crippen LogP contribution in [0.1, 0.15) is 27.4 Å². The van der Waals surface area contributed by atoms with Crippen molar-refractivity contribution in [2.45, 2.75) is 12.3 Å². The van der Waals surface area contributed by atoms with Crippen LogP contribution in [0.3, 0.4) is 0 Å². The van der Waals surface area contributed by atoms with Crippen molar-refractivity contribution in [3.63, 3.8) is 0 Å². The topological polar surface area (TPSA) is 79.5 Å². The third-order valence-corrected chi connectivity index (χ3v) is 6.69. The van der Waals surface area contributed by atoms with Crippen molar-refractivity contribution in [1.82, 2.24) is 4.98 Å². The van der Waals surface area contributed by atoms with Gasteiger partial charge in [0.1, 0.15) is 12.1 Å². The fourth-order valence-corrected chi connectivity index (χ4v) is 4.97. The highest BCUT2D eigenvalue weighted by atomic mass is 16.1. The number of aldehydes is 1. The number of rotatable bonds is 7. The summed E-state index contributed by atoms with van der Waals surface area (Å²) in [6, 6.07) is 27.7. The molecule has 1 aliphatic rings. The van der Waals surface area contributed by atoms with E-state index in [-0.39, 0.29) is 0 Å². The van der Waals surface area contributed by atoms with Gasteiger partial charge in [-0.3, -0.25) is 4.79 Å². The molecular formula is C29H28N4O2. The first-order valence-corrected chi connectivity index (χ1v) is 11.9. The lowest BCUT2D eigenvalue weighted by atomic mass is 9.87. The van der Waals surface area contributed by atoms with Gasteiger partial charge in [-0.25, -0.2) is 4.98 Å². The standard InChI is InChI=1S/C29H28N4O2/c30-28(35)27-24-13-7-8-14-25(24)31-29(26(27)22(20-34)19-21-9-3-1-4-10-21)33-17-15-32(16-18-33)23-11-5-2-6-12-23/h1-14,20,22H,15-19H2,(H2,30,35). The highest BCUT2D eigenvalue weighted by Crippen LogP contribution is 2.36. The lowest BCUT2D eigenvalue weighted by Crippen LogP contribution is -2.47. The van der Waals surface area contributed by atoms with Gasteiger partial charge in [0, 0.05) is 48.7 Å². The van der Waals surface area contributed by atoms with Gasteiger partial charge in [-0.15, -0.1) is 0 Å². The average Bonchev–Trinajstić information content (AvgIpc) is 2.92. The van der Waals surface area contributed by atoms with Crippen molar-refractivity contribution in [2.24, 2.45) is 5.73 Å². The van der Waals surface area contributed by atoms with Gasteiger partial charge in [0.15, 0.2) is 0 Å². The molecule has 3 aromatic carbocycles. The third kappa shape index (κ3) is 4.60. The molecule has 35 heavy (non-hydrogen) atoms. The Kier molecular flexibility index (Phi) is 6.44. The van der Waals surface area contributed by atoms with Crippen LogP contribution in [0, 0.1) is 0 Å². The summed E-state index contributed by atoms with van der Waals surface area (Å²) < 4.78 is 0. The number of carbonyl (C=O) groups is 2. The highest BCUT2D eigenvalue weighted by Gasteiger charge is 2.30. The van der Waals surface area contributed by atoms with Gasteiger partial charge in [0.2, 0.25) is 5.91 Å². The van der Waals surface area contributed by atoms with Crippen LogP contribution in [-0.4, -0.2) is 43.4 Å². The van der Waals surface area contributed by atoms with E-state index in [0.29, 0.717) is 34.3 Å². The van der Waals surface area contributed by atoms with E-state index in [1.807, 2.05) is 72.8 Å². The molecule has 2 heterocycles. The van der Waals surface area contributed by atoms with Crippen LogP contribution in [0.25, 0.3) is 10.9 Å². The third-order valence-electron chi connectivity index (χ3n) is 6.69. The Hall–Kier alpha value is -4.19. The monoisotopic (exact) mass is 464 g/mol. The molecule has 6 nitrogen and oxygen atoms in total. The Morgan fingerprint density at radius 2 is 1.46 bits per heavy atom. The minimum Gasteiger partial charge on any atom is -0.368 e. The number of benzene rings is 3. The molecule has 2 N–H and O–H groups in total. The van der Waals surface area contributed by atoms with Crippen molar-refractivity contribution < 1.29 is 9.59 Å². The number of aromatic nitrogens is 1. The Morgan fingerprint density at radius 3 is 2.11 bits per heavy atom. The molecule has 0 spiro atoms. The number of anilines is 2. The van der Waals surface area contributed by atoms with Crippen LogP contribution >= 0.6 is 0 Å². The van der Waals surface area contributed by atoms with E-state index in [2.05, 4.69) is 21.9 Å². The lowest BCUT2D eigenvalue weighted by Gasteiger charge is -2.38.